The van der Waals surface area contributed by atoms with Crippen LogP contribution in [0.4, 0.5) is 10.5 Å². The number of likely N-dealkylation sites (N-methyl/N-ethyl adjacent to an activating group) is 1. The molecule has 2 aliphatic rings. The number of aliphatic imine (C=N–C) groups is 1. The van der Waals surface area contributed by atoms with Crippen LogP contribution in [0.25, 0.3) is 11.3 Å². The van der Waals surface area contributed by atoms with Gasteiger partial charge in [0.05, 0.1) is 37.1 Å². The topological polar surface area (TPSA) is 257 Å². The van der Waals surface area contributed by atoms with Crippen molar-refractivity contribution < 1.29 is 43.2 Å². The Balaban J connectivity index is 1.63. The lowest BCUT2D eigenvalue weighted by molar-refractivity contribution is -0.266. The van der Waals surface area contributed by atoms with Gasteiger partial charge in [0, 0.05) is 49.5 Å². The van der Waals surface area contributed by atoms with Crippen molar-refractivity contribution in [1.29, 1.82) is 0 Å². The first kappa shape index (κ1) is 52.2. The van der Waals surface area contributed by atoms with Gasteiger partial charge >= 0.3 is 12.1 Å². The first-order valence-corrected chi connectivity index (χ1v) is 22.7. The van der Waals surface area contributed by atoms with Gasteiger partial charge in [-0.25, -0.2) is 4.79 Å². The molecule has 3 heterocycles. The number of aliphatic hydroxyl groups excluding tert-OH is 1. The number of ether oxygens (including phenoxy) is 5. The third kappa shape index (κ3) is 12.7. The van der Waals surface area contributed by atoms with Gasteiger partial charge in [0.25, 0.3) is 0 Å². The Morgan fingerprint density at radius 2 is 1.81 bits per heavy atom. The van der Waals surface area contributed by atoms with Crippen LogP contribution in [-0.2, 0) is 39.8 Å². The fourth-order valence-corrected chi connectivity index (χ4v) is 9.45. The van der Waals surface area contributed by atoms with Crippen LogP contribution >= 0.6 is 0 Å². The minimum atomic E-state index is -1.27. The Kier molecular flexibility index (Phi) is 18.9. The van der Waals surface area contributed by atoms with Crippen LogP contribution in [0.1, 0.15) is 87.5 Å². The number of fused-ring (bicyclic) bond motifs is 1. The van der Waals surface area contributed by atoms with Gasteiger partial charge in [-0.2, -0.15) is 0 Å². The van der Waals surface area contributed by atoms with Crippen molar-refractivity contribution in [3.63, 3.8) is 0 Å². The lowest BCUT2D eigenvalue weighted by Gasteiger charge is -2.44. The molecule has 2 fully saturated rings. The van der Waals surface area contributed by atoms with Gasteiger partial charge < -0.3 is 56.2 Å². The second kappa shape index (κ2) is 23.2. The standard InChI is InChI=1S/C45H76N10O9/c1-12-34(53(9)10)37(57)41(61-22-19-49-42(47)48)63-39-28(4)36(56)29(5)40(58)62-35(13-2)45(8)38(30(6)50-25-27(3)24-44(39,7)60-11)55(43(59)64-45)21-15-14-20-54-26-33(51-52-54)31-17-16-18-32(46)23-31/h16-18,23,26-30,34-35,37-39,41,50,57H,12-15,19-22,24-25,46H2,1-11H3,(H4,47,48,49)/t27-,28+,29-,30-,34?,35-,37?,38-,39-,41+,44-,45-/m1/s1. The van der Waals surface area contributed by atoms with E-state index in [2.05, 4.69) is 27.5 Å². The largest absolute Gasteiger partial charge is 0.458 e. The molecule has 1 aromatic heterocycles. The Labute approximate surface area is 379 Å². The number of aryl methyl sites for hydroxylation is 1. The van der Waals surface area contributed by atoms with Gasteiger partial charge in [0.2, 0.25) is 0 Å². The number of aromatic nitrogens is 3. The molecule has 0 saturated carbocycles. The number of Topliss-reactive ketones (excluding diaryl/α,β-unsaturated/α-hetero) is 1. The predicted octanol–water partition coefficient (Wildman–Crippen LogP) is 3.18. The zero-order valence-electron chi connectivity index (χ0n) is 39.9. The minimum absolute atomic E-state index is 0.0107. The zero-order valence-corrected chi connectivity index (χ0v) is 39.9. The molecule has 8 N–H and O–H groups in total. The van der Waals surface area contributed by atoms with E-state index in [0.29, 0.717) is 63.1 Å². The summed E-state index contributed by atoms with van der Waals surface area (Å²) in [5, 5.41) is 24.1. The smallest absolute Gasteiger partial charge is 0.410 e. The Bertz CT molecular complexity index is 1860. The van der Waals surface area contributed by atoms with Gasteiger partial charge in [0.15, 0.2) is 23.6 Å². The van der Waals surface area contributed by atoms with E-state index in [1.54, 1.807) is 30.5 Å². The van der Waals surface area contributed by atoms with Crippen molar-refractivity contribution in [2.45, 2.75) is 148 Å². The van der Waals surface area contributed by atoms with E-state index in [9.17, 15) is 19.5 Å². The number of guanidine groups is 1. The molecular weight excluding hydrogens is 825 g/mol. The molecule has 64 heavy (non-hydrogen) atoms. The van der Waals surface area contributed by atoms with Crippen molar-refractivity contribution >= 4 is 29.5 Å². The molecule has 360 valence electrons. The van der Waals surface area contributed by atoms with Crippen molar-refractivity contribution in [3.05, 3.63) is 30.5 Å². The van der Waals surface area contributed by atoms with Crippen LogP contribution < -0.4 is 22.5 Å². The van der Waals surface area contributed by atoms with Crippen molar-refractivity contribution in [2.24, 2.45) is 34.2 Å². The van der Waals surface area contributed by atoms with Gasteiger partial charge in [0.1, 0.15) is 23.8 Å². The average molecular weight is 901 g/mol. The molecule has 19 heteroatoms. The van der Waals surface area contributed by atoms with Crippen molar-refractivity contribution in [2.75, 3.05) is 53.2 Å². The third-order valence-electron chi connectivity index (χ3n) is 13.0. The van der Waals surface area contributed by atoms with Crippen LogP contribution in [0.5, 0.6) is 0 Å². The number of aliphatic hydroxyl groups is 1. The summed E-state index contributed by atoms with van der Waals surface area (Å²) in [7, 11) is 5.26. The lowest BCUT2D eigenvalue weighted by Crippen LogP contribution is -2.61. The summed E-state index contributed by atoms with van der Waals surface area (Å²) in [6.07, 6.45) is -0.315. The van der Waals surface area contributed by atoms with E-state index >= 15 is 0 Å². The van der Waals surface area contributed by atoms with E-state index in [4.69, 9.17) is 40.9 Å². The molecule has 2 aliphatic heterocycles. The van der Waals surface area contributed by atoms with Crippen molar-refractivity contribution in [1.82, 2.24) is 30.1 Å². The number of nitrogen functional groups attached to an aromatic ring is 1. The summed E-state index contributed by atoms with van der Waals surface area (Å²) in [6.45, 7) is 16.3. The molecule has 19 nitrogen and oxygen atoms in total. The Morgan fingerprint density at radius 3 is 2.44 bits per heavy atom. The summed E-state index contributed by atoms with van der Waals surface area (Å²) in [6, 6.07) is 6.21. The van der Waals surface area contributed by atoms with E-state index in [1.165, 1.54) is 6.92 Å². The number of hydrogen-bond donors (Lipinski definition) is 5. The fraction of sp³-hybridized carbons (Fsp3) is 0.733. The Hall–Kier alpha value is -4.40. The highest BCUT2D eigenvalue weighted by Crippen LogP contribution is 2.40. The second-order valence-corrected chi connectivity index (χ2v) is 18.2. The van der Waals surface area contributed by atoms with Crippen LogP contribution in [0.3, 0.4) is 0 Å². The first-order valence-electron chi connectivity index (χ1n) is 22.7. The van der Waals surface area contributed by atoms with Gasteiger partial charge in [-0.05, 0) is 98.5 Å². The SMILES string of the molecule is CCC(C(O)[C@@H](OCCN=C(N)N)O[C@@H]1[C@@H](C)C(=O)[C@@H](C)C(=O)O[C@H](CC)[C@@]2(C)OC(=O)N(CCCCn3cc(-c4cccc(N)c4)nn3)[C@@H]2[C@@H](C)NC[C@H](C)C[C@@]1(C)OC)N(C)C. The Morgan fingerprint density at radius 1 is 1.11 bits per heavy atom. The van der Waals surface area contributed by atoms with Gasteiger partial charge in [-0.3, -0.25) is 24.2 Å². The number of benzene rings is 1. The fourth-order valence-electron chi connectivity index (χ4n) is 9.45. The number of methoxy groups -OCH3 is 1. The molecule has 2 unspecified atom stereocenters. The average Bonchev–Trinajstić information content (AvgIpc) is 3.83. The van der Waals surface area contributed by atoms with E-state index < -0.39 is 71.5 Å². The van der Waals surface area contributed by atoms with Crippen LogP contribution in [-0.4, -0.2) is 155 Å². The number of hydrogen-bond acceptors (Lipinski definition) is 15. The molecule has 1 amide bonds. The molecular formula is C45H76N10O9. The van der Waals surface area contributed by atoms with Gasteiger partial charge in [-0.15, -0.1) is 5.10 Å². The number of amides is 1. The summed E-state index contributed by atoms with van der Waals surface area (Å²) >= 11 is 0. The van der Waals surface area contributed by atoms with Crippen LogP contribution in [0, 0.1) is 17.8 Å². The summed E-state index contributed by atoms with van der Waals surface area (Å²) in [5.41, 5.74) is 16.9. The molecule has 2 aromatic rings. The highest BCUT2D eigenvalue weighted by atomic mass is 16.7. The number of carbonyl (C=O) groups excluding carboxylic acids is 3. The number of nitrogens with one attached hydrogen (secondary N) is 1. The maximum absolute atomic E-state index is 14.6. The molecule has 0 radical (unpaired) electrons. The number of rotatable bonds is 18. The first-order chi connectivity index (χ1) is 30.2. The number of unbranched alkanes of at least 4 members (excludes halogenated alkanes) is 1. The van der Waals surface area contributed by atoms with E-state index in [-0.39, 0.29) is 37.1 Å². The second-order valence-electron chi connectivity index (χ2n) is 18.2. The lowest BCUT2D eigenvalue weighted by atomic mass is 9.78. The maximum atomic E-state index is 14.6. The van der Waals surface area contributed by atoms with Gasteiger partial charge in [-0.1, -0.05) is 45.0 Å². The number of carbonyl (C=O) groups is 3. The van der Waals surface area contributed by atoms with E-state index in [0.717, 1.165) is 5.56 Å². The number of nitrogens with zero attached hydrogens (tertiary/aromatic N) is 6. The maximum Gasteiger partial charge on any atom is 0.410 e. The highest BCUT2D eigenvalue weighted by Gasteiger charge is 2.58. The molecule has 1 aromatic carbocycles. The summed E-state index contributed by atoms with van der Waals surface area (Å²) in [4.78, 5) is 50.2. The summed E-state index contributed by atoms with van der Waals surface area (Å²) < 4.78 is 33.4. The number of nitrogens with two attached hydrogens (primary N) is 3. The predicted molar refractivity (Wildman–Crippen MR) is 244 cm³/mol. The molecule has 0 aliphatic carbocycles. The zero-order chi connectivity index (χ0) is 47.5. The molecule has 12 atom stereocenters. The normalized spacial score (nSPS) is 29.9. The number of esters is 1. The van der Waals surface area contributed by atoms with Crippen molar-refractivity contribution in [3.8, 4) is 11.3 Å². The monoisotopic (exact) mass is 901 g/mol. The molecule has 2 saturated heterocycles. The van der Waals surface area contributed by atoms with E-state index in [1.807, 2.05) is 77.2 Å². The number of cyclic esters (lactones) is 1. The summed E-state index contributed by atoms with van der Waals surface area (Å²) in [5.74, 6) is -3.57. The minimum Gasteiger partial charge on any atom is -0.458 e. The van der Waals surface area contributed by atoms with Crippen LogP contribution in [0.15, 0.2) is 35.5 Å². The number of ketones is 1. The molecule has 4 rings (SSSR count). The highest BCUT2D eigenvalue weighted by molar-refractivity contribution is 6.00. The quantitative estimate of drug-likeness (QED) is 0.0274. The third-order valence-corrected chi connectivity index (χ3v) is 13.0. The molecule has 0 spiro atoms. The molecule has 0 bridgehead atoms. The van der Waals surface area contributed by atoms with Crippen LogP contribution in [0.2, 0.25) is 0 Å². The number of anilines is 1.